The predicted molar refractivity (Wildman–Crippen MR) is 90.6 cm³/mol. The number of hydrogen-bond acceptors (Lipinski definition) is 0. The Morgan fingerprint density at radius 2 is 0.368 bits per heavy atom. The minimum atomic E-state index is 0. The van der Waals surface area contributed by atoms with E-state index in [1.54, 1.807) is 41.5 Å². The van der Waals surface area contributed by atoms with Gasteiger partial charge < -0.3 is 32.5 Å². The van der Waals surface area contributed by atoms with Crippen molar-refractivity contribution in [2.24, 2.45) is 0 Å². The van der Waals surface area contributed by atoms with Gasteiger partial charge in [-0.3, -0.25) is 0 Å². The maximum Gasteiger partial charge on any atom is 0 e. The molecule has 0 aromatic carbocycles. The number of nitrogens with zero attached hydrogens (tertiary/aromatic N) is 6. The third-order valence-electron chi connectivity index (χ3n) is 0. The van der Waals surface area contributed by atoms with Crippen molar-refractivity contribution >= 4 is 37.3 Å². The molecule has 0 aliphatic carbocycles. The topological polar surface area (TPSA) is 134 Å². The molecule has 0 saturated carbocycles. The molecule has 0 aromatic heterocycles. The normalized spacial score (nSPS) is 4.11. The van der Waals surface area contributed by atoms with Crippen molar-refractivity contribution in [3.05, 3.63) is 32.5 Å². The molecule has 0 heterocycles. The van der Waals surface area contributed by atoms with Crippen molar-refractivity contribution in [3.8, 4) is 0 Å². The van der Waals surface area contributed by atoms with Crippen LogP contribution in [0.5, 0.6) is 0 Å². The van der Waals surface area contributed by atoms with Crippen molar-refractivity contribution in [1.29, 1.82) is 0 Å². The Balaban J connectivity index is -0.0000000180. The van der Waals surface area contributed by atoms with Crippen LogP contribution in [0.15, 0.2) is 0 Å². The van der Waals surface area contributed by atoms with Crippen LogP contribution < -0.4 is 0 Å². The fraction of sp³-hybridized carbons (Fsp3) is 0.500. The largest absolute Gasteiger partial charge is 0.814 e. The quantitative estimate of drug-likeness (QED) is 0.474. The van der Waals surface area contributed by atoms with Gasteiger partial charge in [-0.15, -0.1) is 0 Å². The third kappa shape index (κ3) is 1640. The molecule has 0 aliphatic heterocycles. The van der Waals surface area contributed by atoms with Crippen LogP contribution in [0.3, 0.4) is 0 Å². The van der Waals surface area contributed by atoms with Crippen molar-refractivity contribution in [1.82, 2.24) is 0 Å². The summed E-state index contributed by atoms with van der Waals surface area (Å²) in [4.78, 5) is 0. The monoisotopic (exact) mass is 307 g/mol. The van der Waals surface area contributed by atoms with E-state index in [0.29, 0.717) is 0 Å². The summed E-state index contributed by atoms with van der Waals surface area (Å²) in [7, 11) is 0. The van der Waals surface area contributed by atoms with Crippen LogP contribution in [0.2, 0.25) is 0 Å². The number of rotatable bonds is 0. The molecule has 0 rings (SSSR count). The second-order valence-electron chi connectivity index (χ2n) is 1.55. The Morgan fingerprint density at radius 1 is 0.368 bits per heavy atom. The van der Waals surface area contributed by atoms with E-state index in [0.717, 1.165) is 37.3 Å². The van der Waals surface area contributed by atoms with E-state index >= 15 is 0 Å². The zero-order valence-electron chi connectivity index (χ0n) is 12.5. The molecule has 0 amide bonds. The van der Waals surface area contributed by atoms with E-state index in [4.69, 9.17) is 32.5 Å². The standard InChI is InChI=1S/6C2H4N.Mn/c6*1-2-3;/h6*2H,1H3;/q6*-1;. The molecule has 0 spiro atoms. The van der Waals surface area contributed by atoms with Crippen molar-refractivity contribution in [3.63, 3.8) is 0 Å². The van der Waals surface area contributed by atoms with Crippen LogP contribution in [-0.2, 0) is 17.1 Å². The summed E-state index contributed by atoms with van der Waals surface area (Å²) >= 11 is 0. The molecule has 0 aliphatic rings. The Morgan fingerprint density at radius 3 is 0.368 bits per heavy atom. The van der Waals surface area contributed by atoms with Crippen LogP contribution in [0.4, 0.5) is 0 Å². The Hall–Kier alpha value is -1.46. The van der Waals surface area contributed by atoms with Gasteiger partial charge in [-0.25, -0.2) is 37.3 Å². The first kappa shape index (κ1) is 43.2. The van der Waals surface area contributed by atoms with Crippen molar-refractivity contribution in [2.45, 2.75) is 41.5 Å². The second-order valence-corrected chi connectivity index (χ2v) is 1.55. The smallest absolute Gasteiger partial charge is 0 e. The van der Waals surface area contributed by atoms with Gasteiger partial charge in [0.1, 0.15) is 0 Å². The first-order valence-corrected chi connectivity index (χ1v) is 5.01. The zero-order chi connectivity index (χ0) is 16.2. The SMILES string of the molecule is CC=[N-].CC=[N-].CC=[N-].CC=[N-].CC=[N-].CC=[N-].[Mn]. The van der Waals surface area contributed by atoms with Crippen LogP contribution in [0.25, 0.3) is 32.5 Å². The second kappa shape index (κ2) is 194. The van der Waals surface area contributed by atoms with Gasteiger partial charge in [0.2, 0.25) is 0 Å². The van der Waals surface area contributed by atoms with Gasteiger partial charge >= 0.3 is 0 Å². The van der Waals surface area contributed by atoms with Crippen LogP contribution in [0.1, 0.15) is 41.5 Å². The average molecular weight is 307 g/mol. The first-order valence-electron chi connectivity index (χ1n) is 5.01. The average Bonchev–Trinajstić information content (AvgIpc) is 2.23. The van der Waals surface area contributed by atoms with Crippen molar-refractivity contribution < 1.29 is 17.1 Å². The van der Waals surface area contributed by atoms with Crippen LogP contribution in [0, 0.1) is 0 Å². The summed E-state index contributed by atoms with van der Waals surface area (Å²) < 4.78 is 0. The molecule has 0 fully saturated rings. The summed E-state index contributed by atoms with van der Waals surface area (Å²) in [5, 5.41) is 44.7. The van der Waals surface area contributed by atoms with Gasteiger partial charge in [0.25, 0.3) is 0 Å². The Labute approximate surface area is 128 Å². The van der Waals surface area contributed by atoms with Gasteiger partial charge in [-0.2, -0.15) is 0 Å². The predicted octanol–water partition coefficient (Wildman–Crippen LogP) is 3.88. The van der Waals surface area contributed by atoms with Gasteiger partial charge in [0, 0.05) is 17.1 Å². The minimum Gasteiger partial charge on any atom is -0.814 e. The van der Waals surface area contributed by atoms with E-state index in [-0.39, 0.29) is 17.1 Å². The van der Waals surface area contributed by atoms with Gasteiger partial charge in [0.15, 0.2) is 0 Å². The summed E-state index contributed by atoms with van der Waals surface area (Å²) in [6.45, 7) is 9.33. The molecule has 0 aromatic rings. The van der Waals surface area contributed by atoms with Gasteiger partial charge in [-0.1, -0.05) is 41.5 Å². The molecule has 0 unspecified atom stereocenters. The van der Waals surface area contributed by atoms with E-state index in [1.807, 2.05) is 0 Å². The molecule has 0 bridgehead atoms. The van der Waals surface area contributed by atoms with Gasteiger partial charge in [-0.05, 0) is 0 Å². The summed E-state index contributed by atoms with van der Waals surface area (Å²) in [6, 6.07) is 0. The summed E-state index contributed by atoms with van der Waals surface area (Å²) in [5.41, 5.74) is 0. The molecule has 115 valence electrons. The molecule has 0 atom stereocenters. The molecule has 7 heteroatoms. The third-order valence-corrected chi connectivity index (χ3v) is 0. The molecule has 0 saturated heterocycles. The molecular formula is C12H24MnN6-6. The zero-order valence-corrected chi connectivity index (χ0v) is 13.7. The molecule has 19 heavy (non-hydrogen) atoms. The fourth-order valence-corrected chi connectivity index (χ4v) is 0. The minimum absolute atomic E-state index is 0. The summed E-state index contributed by atoms with van der Waals surface area (Å²) in [6.07, 6.45) is 6.00. The molecular weight excluding hydrogens is 283 g/mol. The van der Waals surface area contributed by atoms with E-state index in [9.17, 15) is 0 Å². The van der Waals surface area contributed by atoms with Crippen molar-refractivity contribution in [2.75, 3.05) is 0 Å². The van der Waals surface area contributed by atoms with E-state index in [1.165, 1.54) is 0 Å². The van der Waals surface area contributed by atoms with Crippen LogP contribution >= 0.6 is 0 Å². The van der Waals surface area contributed by atoms with E-state index < -0.39 is 0 Å². The fourth-order valence-electron chi connectivity index (χ4n) is 0. The maximum atomic E-state index is 7.44. The Kier molecular flexibility index (Phi) is 441. The molecule has 1 radical (unpaired) electrons. The Bertz CT molecular complexity index is 114. The maximum absolute atomic E-state index is 7.44. The summed E-state index contributed by atoms with van der Waals surface area (Å²) in [5.74, 6) is 0. The van der Waals surface area contributed by atoms with Crippen LogP contribution in [-0.4, -0.2) is 37.3 Å². The molecule has 6 nitrogen and oxygen atoms in total. The molecule has 0 N–H and O–H groups in total. The first-order chi connectivity index (χ1) is 8.49. The van der Waals surface area contributed by atoms with Gasteiger partial charge in [0.05, 0.1) is 0 Å². The number of hydrogen-bond donors (Lipinski definition) is 0. The van der Waals surface area contributed by atoms with E-state index in [2.05, 4.69) is 0 Å².